The number of piperidine rings is 1. The lowest BCUT2D eigenvalue weighted by Gasteiger charge is -2.16. The summed E-state index contributed by atoms with van der Waals surface area (Å²) in [6.45, 7) is 2.88. The second kappa shape index (κ2) is 3.33. The second-order valence-electron chi connectivity index (χ2n) is 2.04. The molecule has 4 heteroatoms. The van der Waals surface area contributed by atoms with E-state index < -0.39 is 0 Å². The molecule has 0 aromatic rings. The van der Waals surface area contributed by atoms with E-state index in [0.717, 1.165) is 19.4 Å². The maximum Gasteiger partial charge on any atom is 0.0401 e. The van der Waals surface area contributed by atoms with Crippen molar-refractivity contribution in [2.45, 2.75) is 18.9 Å². The molecule has 1 rings (SSSR count). The zero-order chi connectivity index (χ0) is 6.53. The van der Waals surface area contributed by atoms with Gasteiger partial charge in [0.15, 0.2) is 0 Å². The van der Waals surface area contributed by atoms with E-state index >= 15 is 0 Å². The molecule has 9 heavy (non-hydrogen) atoms. The highest BCUT2D eigenvalue weighted by atomic mass is 15.2. The normalized spacial score (nSPS) is 20.9. The lowest BCUT2D eigenvalue weighted by molar-refractivity contribution is 0.504. The van der Waals surface area contributed by atoms with E-state index in [2.05, 4.69) is 15.3 Å². The Morgan fingerprint density at radius 1 is 1.78 bits per heavy atom. The molecule has 1 atom stereocenters. The molecular formula is C5H9N4. The van der Waals surface area contributed by atoms with Crippen LogP contribution in [0, 0.1) is 6.54 Å². The van der Waals surface area contributed by atoms with Crippen LogP contribution in [0.4, 0.5) is 0 Å². The van der Waals surface area contributed by atoms with Crippen LogP contribution in [-0.4, -0.2) is 12.6 Å². The van der Waals surface area contributed by atoms with Crippen molar-refractivity contribution in [3.8, 4) is 0 Å². The molecule has 49 valence electrons. The molecule has 0 aliphatic carbocycles. The van der Waals surface area contributed by atoms with Gasteiger partial charge in [-0.2, -0.15) is 0 Å². The lowest BCUT2D eigenvalue weighted by Crippen LogP contribution is -2.25. The zero-order valence-electron chi connectivity index (χ0n) is 5.12. The maximum absolute atomic E-state index is 8.04. The van der Waals surface area contributed by atoms with E-state index in [-0.39, 0.29) is 6.04 Å². The molecule has 4 nitrogen and oxygen atoms in total. The third kappa shape index (κ3) is 1.91. The number of azide groups is 1. The Balaban J connectivity index is 2.31. The summed E-state index contributed by atoms with van der Waals surface area (Å²) in [7, 11) is 0. The average Bonchev–Trinajstić information content (AvgIpc) is 1.91. The zero-order valence-corrected chi connectivity index (χ0v) is 5.12. The average molecular weight is 125 g/mol. The molecule has 1 aliphatic rings. The first kappa shape index (κ1) is 6.39. The number of rotatable bonds is 1. The van der Waals surface area contributed by atoms with Crippen molar-refractivity contribution in [1.29, 1.82) is 0 Å². The van der Waals surface area contributed by atoms with Crippen molar-refractivity contribution in [3.63, 3.8) is 0 Å². The third-order valence-electron chi connectivity index (χ3n) is 1.37. The third-order valence-corrected chi connectivity index (χ3v) is 1.37. The van der Waals surface area contributed by atoms with Crippen molar-refractivity contribution >= 4 is 0 Å². The van der Waals surface area contributed by atoms with Gasteiger partial charge in [0.2, 0.25) is 0 Å². The Bertz CT molecular complexity index is 121. The Morgan fingerprint density at radius 3 is 3.22 bits per heavy atom. The van der Waals surface area contributed by atoms with Gasteiger partial charge < -0.3 is 5.32 Å². The van der Waals surface area contributed by atoms with Gasteiger partial charge >= 0.3 is 0 Å². The van der Waals surface area contributed by atoms with E-state index in [1.165, 1.54) is 0 Å². The van der Waals surface area contributed by atoms with Gasteiger partial charge in [-0.1, -0.05) is 5.11 Å². The predicted octanol–water partition coefficient (Wildman–Crippen LogP) is 1.21. The topological polar surface area (TPSA) is 60.8 Å². The smallest absolute Gasteiger partial charge is 0.0401 e. The SMILES string of the molecule is [N-]=[N+]=NC1C[CH]NCC1. The van der Waals surface area contributed by atoms with Gasteiger partial charge in [0.1, 0.15) is 0 Å². The van der Waals surface area contributed by atoms with Crippen molar-refractivity contribution in [3.05, 3.63) is 17.0 Å². The molecule has 1 fully saturated rings. The number of hydrogen-bond acceptors (Lipinski definition) is 2. The number of nitrogens with one attached hydrogen (secondary N) is 1. The molecule has 0 bridgehead atoms. The van der Waals surface area contributed by atoms with Crippen molar-refractivity contribution < 1.29 is 0 Å². The summed E-state index contributed by atoms with van der Waals surface area (Å²) in [5.74, 6) is 0. The first-order chi connectivity index (χ1) is 4.43. The van der Waals surface area contributed by atoms with Crippen LogP contribution < -0.4 is 5.32 Å². The largest absolute Gasteiger partial charge is 0.312 e. The van der Waals surface area contributed by atoms with Crippen LogP contribution in [0.2, 0.25) is 0 Å². The van der Waals surface area contributed by atoms with Crippen LogP contribution in [0.3, 0.4) is 0 Å². The standard InChI is InChI=1S/C5H9N4/c6-9-8-5-1-3-7-4-2-5/h3,5,7H,1-2,4H2. The molecule has 0 amide bonds. The van der Waals surface area contributed by atoms with E-state index in [9.17, 15) is 0 Å². The lowest BCUT2D eigenvalue weighted by atomic mass is 10.1. The molecular weight excluding hydrogens is 116 g/mol. The Kier molecular flexibility index (Phi) is 2.36. The second-order valence-corrected chi connectivity index (χ2v) is 2.04. The molecule has 0 spiro atoms. The fraction of sp³-hybridized carbons (Fsp3) is 0.800. The molecule has 1 unspecified atom stereocenters. The van der Waals surface area contributed by atoms with Crippen molar-refractivity contribution in [1.82, 2.24) is 5.32 Å². The number of nitrogens with zero attached hydrogens (tertiary/aromatic N) is 3. The fourth-order valence-electron chi connectivity index (χ4n) is 0.867. The minimum absolute atomic E-state index is 0.191. The van der Waals surface area contributed by atoms with Gasteiger partial charge in [0.25, 0.3) is 0 Å². The number of hydrogen-bond donors (Lipinski definition) is 1. The highest BCUT2D eigenvalue weighted by Gasteiger charge is 2.09. The van der Waals surface area contributed by atoms with Gasteiger partial charge in [-0.05, 0) is 24.9 Å². The van der Waals surface area contributed by atoms with Gasteiger partial charge in [-0.25, -0.2) is 0 Å². The summed E-state index contributed by atoms with van der Waals surface area (Å²) in [4.78, 5) is 2.74. The Labute approximate surface area is 53.9 Å². The van der Waals surface area contributed by atoms with Gasteiger partial charge in [-0.15, -0.1) is 0 Å². The minimum atomic E-state index is 0.191. The summed E-state index contributed by atoms with van der Waals surface area (Å²) < 4.78 is 0. The van der Waals surface area contributed by atoms with Crippen LogP contribution in [0.25, 0.3) is 10.4 Å². The molecule has 1 radical (unpaired) electrons. The Hall–Kier alpha value is -0.730. The highest BCUT2D eigenvalue weighted by Crippen LogP contribution is 2.08. The minimum Gasteiger partial charge on any atom is -0.312 e. The summed E-state index contributed by atoms with van der Waals surface area (Å²) >= 11 is 0. The van der Waals surface area contributed by atoms with Gasteiger partial charge in [-0.3, -0.25) is 0 Å². The first-order valence-corrected chi connectivity index (χ1v) is 3.03. The van der Waals surface area contributed by atoms with Gasteiger partial charge in [0.05, 0.1) is 0 Å². The fourth-order valence-corrected chi connectivity index (χ4v) is 0.867. The highest BCUT2D eigenvalue weighted by molar-refractivity contribution is 4.80. The van der Waals surface area contributed by atoms with E-state index in [1.54, 1.807) is 0 Å². The van der Waals surface area contributed by atoms with Crippen LogP contribution in [-0.2, 0) is 0 Å². The molecule has 1 N–H and O–H groups in total. The van der Waals surface area contributed by atoms with E-state index in [0.29, 0.717) is 0 Å². The van der Waals surface area contributed by atoms with Crippen LogP contribution >= 0.6 is 0 Å². The van der Waals surface area contributed by atoms with Crippen molar-refractivity contribution in [2.24, 2.45) is 5.11 Å². The monoisotopic (exact) mass is 125 g/mol. The predicted molar refractivity (Wildman–Crippen MR) is 34.5 cm³/mol. The molecule has 1 saturated heterocycles. The van der Waals surface area contributed by atoms with Crippen LogP contribution in [0.5, 0.6) is 0 Å². The molecule has 1 aliphatic heterocycles. The van der Waals surface area contributed by atoms with E-state index in [4.69, 9.17) is 5.53 Å². The summed E-state index contributed by atoms with van der Waals surface area (Å²) in [5, 5.41) is 6.66. The summed E-state index contributed by atoms with van der Waals surface area (Å²) in [5.41, 5.74) is 8.04. The van der Waals surface area contributed by atoms with Crippen LogP contribution in [0.1, 0.15) is 12.8 Å². The molecule has 1 heterocycles. The molecule has 0 aromatic heterocycles. The first-order valence-electron chi connectivity index (χ1n) is 3.03. The van der Waals surface area contributed by atoms with Crippen LogP contribution in [0.15, 0.2) is 5.11 Å². The van der Waals surface area contributed by atoms with Crippen molar-refractivity contribution in [2.75, 3.05) is 6.54 Å². The Morgan fingerprint density at radius 2 is 2.67 bits per heavy atom. The summed E-state index contributed by atoms with van der Waals surface area (Å²) in [6.07, 6.45) is 1.82. The van der Waals surface area contributed by atoms with E-state index in [1.807, 2.05) is 6.54 Å². The summed E-state index contributed by atoms with van der Waals surface area (Å²) in [6, 6.07) is 0.191. The molecule has 0 aromatic carbocycles. The maximum atomic E-state index is 8.04. The molecule has 0 saturated carbocycles. The quantitative estimate of drug-likeness (QED) is 0.319. The van der Waals surface area contributed by atoms with Gasteiger partial charge in [0, 0.05) is 17.5 Å².